The van der Waals surface area contributed by atoms with E-state index in [1.165, 1.54) is 6.42 Å². The SMILES string of the molecule is CCC1CCC(c2ccc(CCC3CCC(C4=CCC(C5CO5)C(F)=C4F)CC3)c(F)c2F)CC1. The summed E-state index contributed by atoms with van der Waals surface area (Å²) in [5.74, 6) is -1.75. The maximum absolute atomic E-state index is 14.9. The van der Waals surface area contributed by atoms with Gasteiger partial charge in [-0.15, -0.1) is 0 Å². The molecule has 1 aromatic carbocycles. The van der Waals surface area contributed by atoms with Crippen LogP contribution in [0.5, 0.6) is 0 Å². The Kier molecular flexibility index (Phi) is 7.72. The van der Waals surface area contributed by atoms with Gasteiger partial charge in [0.25, 0.3) is 0 Å². The van der Waals surface area contributed by atoms with E-state index in [9.17, 15) is 17.6 Å². The molecule has 0 bridgehead atoms. The van der Waals surface area contributed by atoms with Crippen LogP contribution >= 0.6 is 0 Å². The number of hydrogen-bond donors (Lipinski definition) is 0. The molecule has 0 amide bonds. The van der Waals surface area contributed by atoms with E-state index in [0.29, 0.717) is 42.1 Å². The van der Waals surface area contributed by atoms with Crippen molar-refractivity contribution in [2.45, 2.75) is 96.0 Å². The maximum atomic E-state index is 14.9. The molecule has 0 radical (unpaired) electrons. The second-order valence-electron chi connectivity index (χ2n) is 11.4. The van der Waals surface area contributed by atoms with E-state index in [-0.39, 0.29) is 17.9 Å². The zero-order valence-electron chi connectivity index (χ0n) is 20.8. The van der Waals surface area contributed by atoms with E-state index in [0.717, 1.165) is 63.7 Å². The molecule has 2 saturated carbocycles. The van der Waals surface area contributed by atoms with E-state index >= 15 is 0 Å². The number of halogens is 4. The van der Waals surface area contributed by atoms with E-state index in [2.05, 4.69) is 6.92 Å². The first-order valence-electron chi connectivity index (χ1n) is 13.8. The minimum absolute atomic E-state index is 0.0503. The Morgan fingerprint density at radius 2 is 1.49 bits per heavy atom. The van der Waals surface area contributed by atoms with Gasteiger partial charge in [-0.1, -0.05) is 31.6 Å². The van der Waals surface area contributed by atoms with Crippen molar-refractivity contribution in [3.05, 3.63) is 58.2 Å². The number of epoxide rings is 1. The van der Waals surface area contributed by atoms with Crippen molar-refractivity contribution in [3.63, 3.8) is 0 Å². The van der Waals surface area contributed by atoms with Crippen LogP contribution in [0.1, 0.15) is 94.6 Å². The van der Waals surface area contributed by atoms with Gasteiger partial charge in [0.05, 0.1) is 12.7 Å². The summed E-state index contributed by atoms with van der Waals surface area (Å²) in [6, 6.07) is 3.61. The standard InChI is InChI=1S/C30H38F4O/c1-2-18-3-8-20(9-4-18)23-14-13-22(27(31)28(23)32)12-7-19-5-10-21(11-6-19)24-15-16-25(26-17-35-26)30(34)29(24)33/h13-15,18-21,25-26H,2-12,16-17H2,1H3. The van der Waals surface area contributed by atoms with Crippen LogP contribution in [-0.4, -0.2) is 12.7 Å². The molecule has 192 valence electrons. The summed E-state index contributed by atoms with van der Waals surface area (Å²) in [6.07, 6.45) is 12.3. The molecule has 1 aliphatic heterocycles. The van der Waals surface area contributed by atoms with Crippen molar-refractivity contribution in [2.75, 3.05) is 6.61 Å². The van der Waals surface area contributed by atoms with E-state index in [4.69, 9.17) is 4.74 Å². The van der Waals surface area contributed by atoms with Crippen LogP contribution in [-0.2, 0) is 11.2 Å². The molecule has 2 unspecified atom stereocenters. The predicted octanol–water partition coefficient (Wildman–Crippen LogP) is 8.88. The molecule has 1 saturated heterocycles. The van der Waals surface area contributed by atoms with Gasteiger partial charge in [0, 0.05) is 5.92 Å². The molecule has 0 aromatic heterocycles. The molecule has 4 aliphatic rings. The molecule has 1 nitrogen and oxygen atoms in total. The van der Waals surface area contributed by atoms with Crippen LogP contribution in [0.4, 0.5) is 17.6 Å². The summed E-state index contributed by atoms with van der Waals surface area (Å²) in [7, 11) is 0. The summed E-state index contributed by atoms with van der Waals surface area (Å²) >= 11 is 0. The molecule has 0 spiro atoms. The van der Waals surface area contributed by atoms with Gasteiger partial charge in [-0.3, -0.25) is 0 Å². The molecule has 35 heavy (non-hydrogen) atoms. The van der Waals surface area contributed by atoms with Gasteiger partial charge in [0.2, 0.25) is 0 Å². The highest BCUT2D eigenvalue weighted by Gasteiger charge is 2.40. The third-order valence-corrected chi connectivity index (χ3v) is 9.35. The third-order valence-electron chi connectivity index (χ3n) is 9.35. The average Bonchev–Trinajstić information content (AvgIpc) is 3.72. The van der Waals surface area contributed by atoms with Crippen LogP contribution < -0.4 is 0 Å². The lowest BCUT2D eigenvalue weighted by atomic mass is 9.74. The number of benzene rings is 1. The third kappa shape index (κ3) is 5.40. The molecule has 2 atom stereocenters. The Bertz CT molecular complexity index is 963. The predicted molar refractivity (Wildman–Crippen MR) is 130 cm³/mol. The fourth-order valence-electron chi connectivity index (χ4n) is 6.81. The summed E-state index contributed by atoms with van der Waals surface area (Å²) in [5.41, 5.74) is 1.56. The van der Waals surface area contributed by atoms with E-state index < -0.39 is 29.2 Å². The van der Waals surface area contributed by atoms with Gasteiger partial charge in [-0.05, 0) is 111 Å². The number of hydrogen-bond acceptors (Lipinski definition) is 1. The van der Waals surface area contributed by atoms with Gasteiger partial charge >= 0.3 is 0 Å². The highest BCUT2D eigenvalue weighted by Crippen LogP contribution is 2.45. The van der Waals surface area contributed by atoms with Crippen LogP contribution in [0, 0.1) is 35.3 Å². The number of aryl methyl sites for hydroxylation is 1. The van der Waals surface area contributed by atoms with E-state index in [1.54, 1.807) is 6.07 Å². The fourth-order valence-corrected chi connectivity index (χ4v) is 6.81. The second kappa shape index (κ2) is 10.8. The maximum Gasteiger partial charge on any atom is 0.162 e. The highest BCUT2D eigenvalue weighted by molar-refractivity contribution is 5.36. The Labute approximate surface area is 207 Å². The van der Waals surface area contributed by atoms with Gasteiger partial charge in [0.15, 0.2) is 17.5 Å². The largest absolute Gasteiger partial charge is 0.372 e. The Morgan fingerprint density at radius 1 is 0.829 bits per heavy atom. The fraction of sp³-hybridized carbons (Fsp3) is 0.667. The Hall–Kier alpha value is -1.62. The molecule has 1 aromatic rings. The van der Waals surface area contributed by atoms with Gasteiger partial charge in [-0.25, -0.2) is 17.6 Å². The zero-order chi connectivity index (χ0) is 24.5. The molecule has 3 aliphatic carbocycles. The monoisotopic (exact) mass is 490 g/mol. The molecular weight excluding hydrogens is 452 g/mol. The normalized spacial score (nSPS) is 33.6. The lowest BCUT2D eigenvalue weighted by Gasteiger charge is -2.32. The molecule has 3 fully saturated rings. The molecule has 0 N–H and O–H groups in total. The highest BCUT2D eigenvalue weighted by atomic mass is 19.2. The first-order valence-corrected chi connectivity index (χ1v) is 13.8. The minimum atomic E-state index is -0.668. The summed E-state index contributed by atoms with van der Waals surface area (Å²) in [5, 5.41) is 0. The summed E-state index contributed by atoms with van der Waals surface area (Å²) in [4.78, 5) is 0. The Morgan fingerprint density at radius 3 is 2.14 bits per heavy atom. The van der Waals surface area contributed by atoms with Crippen molar-refractivity contribution >= 4 is 0 Å². The minimum Gasteiger partial charge on any atom is -0.372 e. The van der Waals surface area contributed by atoms with Crippen molar-refractivity contribution < 1.29 is 22.3 Å². The number of rotatable bonds is 7. The Balaban J connectivity index is 1.13. The molecule has 1 heterocycles. The first-order chi connectivity index (χ1) is 17.0. The lowest BCUT2D eigenvalue weighted by Crippen LogP contribution is -2.21. The van der Waals surface area contributed by atoms with Crippen LogP contribution in [0.3, 0.4) is 0 Å². The molecule has 5 heteroatoms. The van der Waals surface area contributed by atoms with Gasteiger partial charge in [-0.2, -0.15) is 0 Å². The van der Waals surface area contributed by atoms with Crippen molar-refractivity contribution in [1.82, 2.24) is 0 Å². The van der Waals surface area contributed by atoms with Crippen molar-refractivity contribution in [1.29, 1.82) is 0 Å². The summed E-state index contributed by atoms with van der Waals surface area (Å²) in [6.45, 7) is 2.72. The van der Waals surface area contributed by atoms with Crippen LogP contribution in [0.2, 0.25) is 0 Å². The number of ether oxygens (including phenoxy) is 1. The zero-order valence-corrected chi connectivity index (χ0v) is 20.8. The second-order valence-corrected chi connectivity index (χ2v) is 11.4. The van der Waals surface area contributed by atoms with E-state index in [1.807, 2.05) is 12.1 Å². The molecule has 5 rings (SSSR count). The van der Waals surface area contributed by atoms with Crippen molar-refractivity contribution in [3.8, 4) is 0 Å². The first kappa shape index (κ1) is 25.0. The number of allylic oxidation sites excluding steroid dienone is 3. The smallest absolute Gasteiger partial charge is 0.162 e. The van der Waals surface area contributed by atoms with Crippen molar-refractivity contribution in [2.24, 2.45) is 23.7 Å². The topological polar surface area (TPSA) is 12.5 Å². The average molecular weight is 491 g/mol. The van der Waals surface area contributed by atoms with Gasteiger partial charge in [0.1, 0.15) is 5.83 Å². The van der Waals surface area contributed by atoms with Crippen LogP contribution in [0.15, 0.2) is 35.4 Å². The molecular formula is C30H38F4O. The summed E-state index contributed by atoms with van der Waals surface area (Å²) < 4.78 is 64.2. The van der Waals surface area contributed by atoms with Gasteiger partial charge < -0.3 is 4.74 Å². The van der Waals surface area contributed by atoms with Crippen LogP contribution in [0.25, 0.3) is 0 Å². The lowest BCUT2D eigenvalue weighted by molar-refractivity contribution is 0.273. The quantitative estimate of drug-likeness (QED) is 0.275.